The number of likely N-dealkylation sites (tertiary alicyclic amines) is 1. The van der Waals surface area contributed by atoms with Gasteiger partial charge in [-0.3, -0.25) is 14.5 Å². The van der Waals surface area contributed by atoms with Gasteiger partial charge in [-0.05, 0) is 38.8 Å². The molecule has 1 atom stereocenters. The number of rotatable bonds is 7. The molecule has 0 aliphatic carbocycles. The molecule has 5 heteroatoms. The maximum Gasteiger partial charge on any atom is 0.320 e. The topological polar surface area (TPSA) is 77.8 Å². The highest BCUT2D eigenvalue weighted by molar-refractivity contribution is 5.73. The highest BCUT2D eigenvalue weighted by Crippen LogP contribution is 2.18. The van der Waals surface area contributed by atoms with Gasteiger partial charge in [0.2, 0.25) is 0 Å². The molecule has 1 fully saturated rings. The van der Waals surface area contributed by atoms with E-state index in [2.05, 4.69) is 0 Å². The molecule has 1 rings (SSSR count). The van der Waals surface area contributed by atoms with E-state index in [0.717, 1.165) is 38.8 Å². The van der Waals surface area contributed by atoms with Crippen molar-refractivity contribution >= 4 is 11.9 Å². The molecule has 0 aromatic carbocycles. The summed E-state index contributed by atoms with van der Waals surface area (Å²) in [7, 11) is 0. The van der Waals surface area contributed by atoms with Gasteiger partial charge in [0.25, 0.3) is 0 Å². The molecule has 1 saturated heterocycles. The van der Waals surface area contributed by atoms with Gasteiger partial charge in [0.05, 0.1) is 0 Å². The van der Waals surface area contributed by atoms with Crippen molar-refractivity contribution in [1.29, 1.82) is 0 Å². The molecule has 2 N–H and O–H groups in total. The van der Waals surface area contributed by atoms with Crippen molar-refractivity contribution in [2.24, 2.45) is 0 Å². The Kier molecular flexibility index (Phi) is 5.25. The predicted octanol–water partition coefficient (Wildman–Crippen LogP) is 1.18. The normalized spacial score (nSPS) is 21.1. The lowest BCUT2D eigenvalue weighted by atomic mass is 10.1. The van der Waals surface area contributed by atoms with Crippen molar-refractivity contribution in [3.8, 4) is 0 Å². The van der Waals surface area contributed by atoms with Crippen LogP contribution in [0.3, 0.4) is 0 Å². The fourth-order valence-corrected chi connectivity index (χ4v) is 2.14. The monoisotopic (exact) mass is 229 g/mol. The van der Waals surface area contributed by atoms with Crippen LogP contribution in [0.2, 0.25) is 0 Å². The lowest BCUT2D eigenvalue weighted by Gasteiger charge is -2.20. The summed E-state index contributed by atoms with van der Waals surface area (Å²) in [5.74, 6) is -1.49. The number of carboxylic acids is 2. The minimum atomic E-state index is -0.760. The Bertz CT molecular complexity index is 254. The largest absolute Gasteiger partial charge is 0.481 e. The fourth-order valence-electron chi connectivity index (χ4n) is 2.14. The maximum atomic E-state index is 10.9. The molecule has 0 aromatic rings. The third-order valence-corrected chi connectivity index (χ3v) is 2.98. The molecule has 0 spiro atoms. The van der Waals surface area contributed by atoms with Crippen molar-refractivity contribution in [3.05, 3.63) is 0 Å². The summed E-state index contributed by atoms with van der Waals surface area (Å²) < 4.78 is 0. The van der Waals surface area contributed by atoms with Gasteiger partial charge >= 0.3 is 11.9 Å². The summed E-state index contributed by atoms with van der Waals surface area (Å²) in [6, 6.07) is -0.320. The van der Waals surface area contributed by atoms with Crippen molar-refractivity contribution < 1.29 is 19.8 Å². The molecule has 0 aromatic heterocycles. The molecule has 0 saturated carbocycles. The average molecular weight is 229 g/mol. The van der Waals surface area contributed by atoms with E-state index in [1.54, 1.807) is 0 Å². The van der Waals surface area contributed by atoms with E-state index < -0.39 is 11.9 Å². The van der Waals surface area contributed by atoms with Crippen molar-refractivity contribution in [3.63, 3.8) is 0 Å². The molecule has 5 nitrogen and oxygen atoms in total. The van der Waals surface area contributed by atoms with Gasteiger partial charge in [-0.15, -0.1) is 0 Å². The summed E-state index contributed by atoms with van der Waals surface area (Å²) in [6.07, 6.45) is 4.33. The van der Waals surface area contributed by atoms with Crippen molar-refractivity contribution in [2.45, 2.75) is 44.6 Å². The molecule has 1 aliphatic heterocycles. The van der Waals surface area contributed by atoms with E-state index >= 15 is 0 Å². The summed E-state index contributed by atoms with van der Waals surface area (Å²) in [5, 5.41) is 17.4. The standard InChI is InChI=1S/C11H19NO4/c13-10(14)6-2-1-3-7-12-8-4-5-9(12)11(15)16/h9H,1-8H2,(H,13,14)(H,15,16)/t9-/m0/s1. The first-order chi connectivity index (χ1) is 7.61. The Balaban J connectivity index is 2.12. The zero-order valence-electron chi connectivity index (χ0n) is 9.39. The lowest BCUT2D eigenvalue weighted by molar-refractivity contribution is -0.142. The Morgan fingerprint density at radius 3 is 2.56 bits per heavy atom. The second kappa shape index (κ2) is 6.48. The van der Waals surface area contributed by atoms with Crippen LogP contribution in [0.25, 0.3) is 0 Å². The number of hydrogen-bond donors (Lipinski definition) is 2. The number of carboxylic acid groups (broad SMARTS) is 2. The first kappa shape index (κ1) is 13.0. The van der Waals surface area contributed by atoms with Gasteiger partial charge in [-0.1, -0.05) is 6.42 Å². The Labute approximate surface area is 95.1 Å². The molecule has 0 radical (unpaired) electrons. The van der Waals surface area contributed by atoms with Gasteiger partial charge in [0.15, 0.2) is 0 Å². The molecular formula is C11H19NO4. The van der Waals surface area contributed by atoms with E-state index in [9.17, 15) is 9.59 Å². The summed E-state index contributed by atoms with van der Waals surface area (Å²) in [4.78, 5) is 23.1. The third kappa shape index (κ3) is 4.18. The van der Waals surface area contributed by atoms with Crippen molar-refractivity contribution in [1.82, 2.24) is 4.90 Å². The van der Waals surface area contributed by atoms with E-state index in [-0.39, 0.29) is 12.5 Å². The third-order valence-electron chi connectivity index (χ3n) is 2.98. The minimum absolute atomic E-state index is 0.211. The number of nitrogens with zero attached hydrogens (tertiary/aromatic N) is 1. The molecule has 0 amide bonds. The van der Waals surface area contributed by atoms with Crippen LogP contribution in [-0.2, 0) is 9.59 Å². The Morgan fingerprint density at radius 1 is 1.19 bits per heavy atom. The first-order valence-electron chi connectivity index (χ1n) is 5.80. The SMILES string of the molecule is O=C(O)CCCCCN1CCC[C@H]1C(=O)O. The Morgan fingerprint density at radius 2 is 1.94 bits per heavy atom. The van der Waals surface area contributed by atoms with Gasteiger partial charge < -0.3 is 10.2 Å². The summed E-state index contributed by atoms with van der Waals surface area (Å²) in [6.45, 7) is 1.63. The zero-order chi connectivity index (χ0) is 12.0. The second-order valence-corrected chi connectivity index (χ2v) is 4.24. The van der Waals surface area contributed by atoms with Gasteiger partial charge in [0.1, 0.15) is 6.04 Å². The second-order valence-electron chi connectivity index (χ2n) is 4.24. The summed E-state index contributed by atoms with van der Waals surface area (Å²) in [5.41, 5.74) is 0. The van der Waals surface area contributed by atoms with Crippen LogP contribution in [0, 0.1) is 0 Å². The lowest BCUT2D eigenvalue weighted by Crippen LogP contribution is -2.36. The molecule has 0 bridgehead atoms. The van der Waals surface area contributed by atoms with E-state index in [0.29, 0.717) is 6.42 Å². The van der Waals surface area contributed by atoms with Crippen LogP contribution < -0.4 is 0 Å². The average Bonchev–Trinajstić information content (AvgIpc) is 2.65. The quantitative estimate of drug-likeness (QED) is 0.641. The minimum Gasteiger partial charge on any atom is -0.481 e. The van der Waals surface area contributed by atoms with Crippen LogP contribution in [0.5, 0.6) is 0 Å². The molecular weight excluding hydrogens is 210 g/mol. The zero-order valence-corrected chi connectivity index (χ0v) is 9.39. The smallest absolute Gasteiger partial charge is 0.320 e. The fraction of sp³-hybridized carbons (Fsp3) is 0.818. The highest BCUT2D eigenvalue weighted by atomic mass is 16.4. The molecule has 16 heavy (non-hydrogen) atoms. The van der Waals surface area contributed by atoms with Crippen LogP contribution in [0.1, 0.15) is 38.5 Å². The number of unbranched alkanes of at least 4 members (excludes halogenated alkanes) is 2. The number of carbonyl (C=O) groups is 2. The summed E-state index contributed by atoms with van der Waals surface area (Å²) >= 11 is 0. The van der Waals surface area contributed by atoms with E-state index in [4.69, 9.17) is 10.2 Å². The molecule has 1 aliphatic rings. The van der Waals surface area contributed by atoms with Crippen molar-refractivity contribution in [2.75, 3.05) is 13.1 Å². The van der Waals surface area contributed by atoms with Crippen LogP contribution in [0.4, 0.5) is 0 Å². The molecule has 1 heterocycles. The van der Waals surface area contributed by atoms with Gasteiger partial charge in [0, 0.05) is 6.42 Å². The number of hydrogen-bond acceptors (Lipinski definition) is 3. The maximum absolute atomic E-state index is 10.9. The van der Waals surface area contributed by atoms with Gasteiger partial charge in [-0.25, -0.2) is 0 Å². The Hall–Kier alpha value is -1.10. The first-order valence-corrected chi connectivity index (χ1v) is 5.80. The van der Waals surface area contributed by atoms with E-state index in [1.807, 2.05) is 4.90 Å². The van der Waals surface area contributed by atoms with Crippen LogP contribution in [-0.4, -0.2) is 46.2 Å². The number of aliphatic carboxylic acids is 2. The predicted molar refractivity (Wildman–Crippen MR) is 58.3 cm³/mol. The molecule has 92 valence electrons. The van der Waals surface area contributed by atoms with Crippen LogP contribution >= 0.6 is 0 Å². The van der Waals surface area contributed by atoms with E-state index in [1.165, 1.54) is 0 Å². The molecule has 0 unspecified atom stereocenters. The highest BCUT2D eigenvalue weighted by Gasteiger charge is 2.29. The van der Waals surface area contributed by atoms with Crippen LogP contribution in [0.15, 0.2) is 0 Å². The van der Waals surface area contributed by atoms with Gasteiger partial charge in [-0.2, -0.15) is 0 Å².